The highest BCUT2D eigenvalue weighted by Gasteiger charge is 2.18. The Morgan fingerprint density at radius 2 is 1.64 bits per heavy atom. The van der Waals surface area contributed by atoms with Crippen molar-refractivity contribution in [2.24, 2.45) is 0 Å². The van der Waals surface area contributed by atoms with Gasteiger partial charge in [-0.15, -0.1) is 0 Å². The van der Waals surface area contributed by atoms with Crippen molar-refractivity contribution in [3.05, 3.63) is 29.8 Å². The van der Waals surface area contributed by atoms with Gasteiger partial charge >= 0.3 is 0 Å². The second-order valence-corrected chi connectivity index (χ2v) is 7.72. The maximum absolute atomic E-state index is 6.04. The zero-order chi connectivity index (χ0) is 15.8. The van der Waals surface area contributed by atoms with E-state index in [0.717, 1.165) is 12.4 Å². The van der Waals surface area contributed by atoms with Gasteiger partial charge in [-0.3, -0.25) is 0 Å². The summed E-state index contributed by atoms with van der Waals surface area (Å²) in [4.78, 5) is 1.83. The third kappa shape index (κ3) is 5.64. The lowest BCUT2D eigenvalue weighted by Crippen LogP contribution is -3.09. The summed E-state index contributed by atoms with van der Waals surface area (Å²) in [6.45, 7) is 11.8. The molecule has 1 aromatic rings. The van der Waals surface area contributed by atoms with Gasteiger partial charge in [0, 0.05) is 12.8 Å². The zero-order valence-electron chi connectivity index (χ0n) is 14.8. The monoisotopic (exact) mass is 304 g/mol. The van der Waals surface area contributed by atoms with Gasteiger partial charge in [0.1, 0.15) is 5.75 Å². The molecular formula is C20H34NO+. The van der Waals surface area contributed by atoms with E-state index >= 15 is 0 Å². The van der Waals surface area contributed by atoms with Crippen LogP contribution in [0, 0.1) is 0 Å². The molecule has 1 aromatic carbocycles. The predicted molar refractivity (Wildman–Crippen MR) is 93.9 cm³/mol. The Balaban J connectivity index is 1.60. The highest BCUT2D eigenvalue weighted by Crippen LogP contribution is 2.30. The maximum Gasteiger partial charge on any atom is 0.123 e. The van der Waals surface area contributed by atoms with Gasteiger partial charge in [-0.1, -0.05) is 39.0 Å². The Bertz CT molecular complexity index is 430. The van der Waals surface area contributed by atoms with E-state index in [9.17, 15) is 0 Å². The van der Waals surface area contributed by atoms with Crippen molar-refractivity contribution in [1.29, 1.82) is 0 Å². The maximum atomic E-state index is 6.04. The number of hydrogen-bond donors (Lipinski definition) is 1. The van der Waals surface area contributed by atoms with Crippen LogP contribution < -0.4 is 9.64 Å². The summed E-state index contributed by atoms with van der Waals surface area (Å²) in [6, 6.07) is 8.48. The molecule has 2 heteroatoms. The molecule has 1 heterocycles. The molecule has 1 N–H and O–H groups in total. The molecule has 0 spiro atoms. The van der Waals surface area contributed by atoms with E-state index < -0.39 is 0 Å². The highest BCUT2D eigenvalue weighted by molar-refractivity contribution is 5.38. The molecule has 2 nitrogen and oxygen atoms in total. The fourth-order valence-electron chi connectivity index (χ4n) is 3.35. The van der Waals surface area contributed by atoms with Crippen LogP contribution in [0.5, 0.6) is 5.75 Å². The molecule has 124 valence electrons. The number of rotatable bonds is 8. The van der Waals surface area contributed by atoms with E-state index in [2.05, 4.69) is 45.0 Å². The molecule has 0 amide bonds. The third-order valence-electron chi connectivity index (χ3n) is 4.69. The van der Waals surface area contributed by atoms with Gasteiger partial charge in [0.05, 0.1) is 26.2 Å². The summed E-state index contributed by atoms with van der Waals surface area (Å²) in [6.07, 6.45) is 8.09. The minimum atomic E-state index is 0.148. The molecule has 1 fully saturated rings. The van der Waals surface area contributed by atoms with E-state index in [1.54, 1.807) is 0 Å². The molecular weight excluding hydrogens is 270 g/mol. The van der Waals surface area contributed by atoms with E-state index in [1.165, 1.54) is 63.7 Å². The Morgan fingerprint density at radius 1 is 0.955 bits per heavy atom. The number of quaternary nitrogens is 1. The van der Waals surface area contributed by atoms with Crippen LogP contribution in [0.1, 0.15) is 64.9 Å². The molecule has 0 atom stereocenters. The Labute approximate surface area is 136 Å². The number of likely N-dealkylation sites (tertiary alicyclic amines) is 1. The van der Waals surface area contributed by atoms with Crippen LogP contribution in [0.15, 0.2) is 24.3 Å². The lowest BCUT2D eigenvalue weighted by Gasteiger charge is -2.22. The summed E-state index contributed by atoms with van der Waals surface area (Å²) in [7, 11) is 0. The van der Waals surface area contributed by atoms with Crippen molar-refractivity contribution in [2.45, 2.75) is 64.7 Å². The van der Waals surface area contributed by atoms with Gasteiger partial charge in [-0.05, 0) is 42.7 Å². The number of para-hydroxylation sites is 1. The van der Waals surface area contributed by atoms with Crippen LogP contribution >= 0.6 is 0 Å². The van der Waals surface area contributed by atoms with Crippen molar-refractivity contribution in [1.82, 2.24) is 0 Å². The van der Waals surface area contributed by atoms with Crippen LogP contribution in [0.3, 0.4) is 0 Å². The van der Waals surface area contributed by atoms with Crippen LogP contribution in [0.4, 0.5) is 0 Å². The number of unbranched alkanes of at least 4 members (excludes halogenated alkanes) is 3. The quantitative estimate of drug-likeness (QED) is 0.725. The molecule has 1 aliphatic heterocycles. The molecule has 0 radical (unpaired) electrons. The largest absolute Gasteiger partial charge is 0.493 e. The second kappa shape index (κ2) is 8.57. The first kappa shape index (κ1) is 17.3. The van der Waals surface area contributed by atoms with Crippen LogP contribution in [-0.2, 0) is 5.41 Å². The van der Waals surface area contributed by atoms with Gasteiger partial charge in [-0.2, -0.15) is 0 Å². The molecule has 0 bridgehead atoms. The van der Waals surface area contributed by atoms with Crippen LogP contribution in [-0.4, -0.2) is 26.2 Å². The standard InChI is InChI=1S/C20H33NO/c1-20(2,3)18-12-6-7-13-19(18)22-17-11-5-4-8-14-21-15-9-10-16-21/h6-7,12-13H,4-5,8-11,14-17H2,1-3H3/p+1. The first-order valence-corrected chi connectivity index (χ1v) is 9.13. The summed E-state index contributed by atoms with van der Waals surface area (Å²) >= 11 is 0. The Hall–Kier alpha value is -1.02. The van der Waals surface area contributed by atoms with Gasteiger partial charge in [0.25, 0.3) is 0 Å². The minimum absolute atomic E-state index is 0.148. The van der Waals surface area contributed by atoms with Crippen LogP contribution in [0.2, 0.25) is 0 Å². The van der Waals surface area contributed by atoms with Gasteiger partial charge in [-0.25, -0.2) is 0 Å². The number of hydrogen-bond acceptors (Lipinski definition) is 1. The molecule has 0 unspecified atom stereocenters. The fraction of sp³-hybridized carbons (Fsp3) is 0.700. The molecule has 2 rings (SSSR count). The van der Waals surface area contributed by atoms with Crippen molar-refractivity contribution >= 4 is 0 Å². The SMILES string of the molecule is CC(C)(C)c1ccccc1OCCCCCC[NH+]1CCCC1. The summed E-state index contributed by atoms with van der Waals surface area (Å²) in [5, 5.41) is 0. The van der Waals surface area contributed by atoms with Gasteiger partial charge in [0.15, 0.2) is 0 Å². The predicted octanol–water partition coefficient (Wildman–Crippen LogP) is 3.60. The average Bonchev–Trinajstić information content (AvgIpc) is 2.99. The first-order valence-electron chi connectivity index (χ1n) is 9.13. The van der Waals surface area contributed by atoms with Crippen LogP contribution in [0.25, 0.3) is 0 Å². The summed E-state index contributed by atoms with van der Waals surface area (Å²) < 4.78 is 6.04. The Morgan fingerprint density at radius 3 is 2.36 bits per heavy atom. The van der Waals surface area contributed by atoms with E-state index in [0.29, 0.717) is 0 Å². The van der Waals surface area contributed by atoms with E-state index in [4.69, 9.17) is 4.74 Å². The number of benzene rings is 1. The fourth-order valence-corrected chi connectivity index (χ4v) is 3.35. The molecule has 0 aliphatic carbocycles. The smallest absolute Gasteiger partial charge is 0.123 e. The van der Waals surface area contributed by atoms with E-state index in [1.807, 2.05) is 4.90 Å². The van der Waals surface area contributed by atoms with Crippen molar-refractivity contribution < 1.29 is 9.64 Å². The molecule has 0 saturated carbocycles. The van der Waals surface area contributed by atoms with Crippen molar-refractivity contribution in [2.75, 3.05) is 26.2 Å². The van der Waals surface area contributed by atoms with Crippen molar-refractivity contribution in [3.63, 3.8) is 0 Å². The first-order chi connectivity index (χ1) is 10.6. The molecule has 0 aromatic heterocycles. The molecule has 22 heavy (non-hydrogen) atoms. The van der Waals surface area contributed by atoms with Crippen molar-refractivity contribution in [3.8, 4) is 5.75 Å². The summed E-state index contributed by atoms with van der Waals surface area (Å²) in [5.41, 5.74) is 1.46. The lowest BCUT2D eigenvalue weighted by molar-refractivity contribution is -0.887. The average molecular weight is 304 g/mol. The van der Waals surface area contributed by atoms with E-state index in [-0.39, 0.29) is 5.41 Å². The number of ether oxygens (including phenoxy) is 1. The summed E-state index contributed by atoms with van der Waals surface area (Å²) in [5.74, 6) is 1.07. The topological polar surface area (TPSA) is 13.7 Å². The highest BCUT2D eigenvalue weighted by atomic mass is 16.5. The van der Waals surface area contributed by atoms with Gasteiger partial charge in [0.2, 0.25) is 0 Å². The number of nitrogens with one attached hydrogen (secondary N) is 1. The third-order valence-corrected chi connectivity index (χ3v) is 4.69. The van der Waals surface area contributed by atoms with Gasteiger partial charge < -0.3 is 9.64 Å². The normalized spacial score (nSPS) is 16.1. The zero-order valence-corrected chi connectivity index (χ0v) is 14.8. The minimum Gasteiger partial charge on any atom is -0.493 e. The molecule has 1 aliphatic rings. The Kier molecular flexibility index (Phi) is 6.75. The lowest BCUT2D eigenvalue weighted by atomic mass is 9.86. The second-order valence-electron chi connectivity index (χ2n) is 7.72. The molecule has 1 saturated heterocycles.